The highest BCUT2D eigenvalue weighted by Gasteiger charge is 2.33. The van der Waals surface area contributed by atoms with Gasteiger partial charge in [0.25, 0.3) is 5.91 Å². The second-order valence-corrected chi connectivity index (χ2v) is 8.72. The molecular formula is C24H31N3O3. The Bertz CT molecular complexity index is 809. The molecule has 1 saturated heterocycles. The van der Waals surface area contributed by atoms with E-state index in [0.717, 1.165) is 31.2 Å². The zero-order valence-corrected chi connectivity index (χ0v) is 17.6. The molecule has 0 spiro atoms. The highest BCUT2D eigenvalue weighted by atomic mass is 16.2. The van der Waals surface area contributed by atoms with E-state index < -0.39 is 0 Å². The van der Waals surface area contributed by atoms with Crippen LogP contribution in [0.15, 0.2) is 30.8 Å². The van der Waals surface area contributed by atoms with Crippen LogP contribution in [0.25, 0.3) is 5.70 Å². The van der Waals surface area contributed by atoms with Crippen molar-refractivity contribution in [2.45, 2.75) is 57.4 Å². The minimum absolute atomic E-state index is 0.00159. The van der Waals surface area contributed by atoms with Gasteiger partial charge in [-0.05, 0) is 31.7 Å². The molecule has 1 aliphatic carbocycles. The van der Waals surface area contributed by atoms with E-state index in [0.29, 0.717) is 36.9 Å². The number of carbonyl (C=O) groups excluding carboxylic acids is 3. The van der Waals surface area contributed by atoms with E-state index in [2.05, 4.69) is 11.9 Å². The molecule has 0 radical (unpaired) electrons. The van der Waals surface area contributed by atoms with Crippen molar-refractivity contribution in [1.82, 2.24) is 15.1 Å². The van der Waals surface area contributed by atoms with Crippen molar-refractivity contribution in [3.63, 3.8) is 0 Å². The van der Waals surface area contributed by atoms with Gasteiger partial charge in [-0.25, -0.2) is 0 Å². The predicted molar refractivity (Wildman–Crippen MR) is 115 cm³/mol. The Kier molecular flexibility index (Phi) is 6.21. The molecule has 2 heterocycles. The Balaban J connectivity index is 1.29. The summed E-state index contributed by atoms with van der Waals surface area (Å²) in [4.78, 5) is 41.5. The van der Waals surface area contributed by atoms with Crippen molar-refractivity contribution in [2.75, 3.05) is 19.6 Å². The molecule has 0 bridgehead atoms. The summed E-state index contributed by atoms with van der Waals surface area (Å²) in [6, 6.07) is 7.71. The summed E-state index contributed by atoms with van der Waals surface area (Å²) < 4.78 is 0. The average molecular weight is 410 g/mol. The van der Waals surface area contributed by atoms with Crippen LogP contribution < -0.4 is 5.32 Å². The van der Waals surface area contributed by atoms with Gasteiger partial charge in [0.2, 0.25) is 11.8 Å². The number of likely N-dealkylation sites (tertiary alicyclic amines) is 1. The second-order valence-electron chi connectivity index (χ2n) is 8.72. The maximum atomic E-state index is 12.8. The zero-order chi connectivity index (χ0) is 21.1. The van der Waals surface area contributed by atoms with Gasteiger partial charge in [-0.1, -0.05) is 44.0 Å². The average Bonchev–Trinajstić information content (AvgIpc) is 3.03. The molecule has 1 aromatic rings. The van der Waals surface area contributed by atoms with E-state index in [1.54, 1.807) is 15.9 Å². The number of nitrogens with zero attached hydrogens (tertiary/aromatic N) is 2. The van der Waals surface area contributed by atoms with Crippen LogP contribution in [-0.2, 0) is 9.59 Å². The molecule has 1 atom stereocenters. The van der Waals surface area contributed by atoms with Gasteiger partial charge < -0.3 is 15.1 Å². The first-order valence-electron chi connectivity index (χ1n) is 11.2. The molecule has 6 heteroatoms. The van der Waals surface area contributed by atoms with E-state index in [-0.39, 0.29) is 30.1 Å². The first-order chi connectivity index (χ1) is 14.5. The van der Waals surface area contributed by atoms with Crippen molar-refractivity contribution >= 4 is 23.4 Å². The number of hydrogen-bond acceptors (Lipinski definition) is 3. The van der Waals surface area contributed by atoms with E-state index in [4.69, 9.17) is 0 Å². The van der Waals surface area contributed by atoms with Crippen molar-refractivity contribution in [3.05, 3.63) is 42.0 Å². The number of carbonyl (C=O) groups is 3. The molecule has 2 aliphatic heterocycles. The molecule has 3 amide bonds. The molecule has 0 aromatic heterocycles. The molecule has 3 aliphatic rings. The van der Waals surface area contributed by atoms with Crippen LogP contribution in [0.2, 0.25) is 0 Å². The van der Waals surface area contributed by atoms with E-state index >= 15 is 0 Å². The van der Waals surface area contributed by atoms with Crippen LogP contribution in [-0.4, -0.2) is 53.2 Å². The van der Waals surface area contributed by atoms with Gasteiger partial charge >= 0.3 is 0 Å². The summed E-state index contributed by atoms with van der Waals surface area (Å²) in [6.07, 6.45) is 7.68. The Morgan fingerprint density at radius 1 is 1.03 bits per heavy atom. The van der Waals surface area contributed by atoms with Crippen molar-refractivity contribution in [2.24, 2.45) is 5.92 Å². The van der Waals surface area contributed by atoms with Gasteiger partial charge in [0, 0.05) is 48.9 Å². The number of piperidine rings is 1. The molecule has 1 unspecified atom stereocenters. The topological polar surface area (TPSA) is 69.7 Å². The summed E-state index contributed by atoms with van der Waals surface area (Å²) >= 11 is 0. The molecule has 1 saturated carbocycles. The van der Waals surface area contributed by atoms with E-state index in [1.165, 1.54) is 19.3 Å². The molecule has 160 valence electrons. The van der Waals surface area contributed by atoms with Gasteiger partial charge in [-0.3, -0.25) is 14.4 Å². The molecule has 30 heavy (non-hydrogen) atoms. The normalized spacial score (nSPS) is 22.2. The first-order valence-corrected chi connectivity index (χ1v) is 11.2. The third-order valence-electron chi connectivity index (χ3n) is 6.69. The number of fused-ring (bicyclic) bond motifs is 1. The van der Waals surface area contributed by atoms with Crippen LogP contribution in [0, 0.1) is 5.92 Å². The zero-order valence-electron chi connectivity index (χ0n) is 17.6. The maximum Gasteiger partial charge on any atom is 0.258 e. The van der Waals surface area contributed by atoms with Crippen molar-refractivity contribution < 1.29 is 14.4 Å². The van der Waals surface area contributed by atoms with Crippen LogP contribution in [0.1, 0.15) is 67.3 Å². The minimum Gasteiger partial charge on any atom is -0.353 e. The number of rotatable bonds is 5. The van der Waals surface area contributed by atoms with Gasteiger partial charge in [-0.2, -0.15) is 0 Å². The van der Waals surface area contributed by atoms with Gasteiger partial charge in [-0.15, -0.1) is 0 Å². The van der Waals surface area contributed by atoms with Crippen molar-refractivity contribution in [3.8, 4) is 0 Å². The Morgan fingerprint density at radius 2 is 1.77 bits per heavy atom. The monoisotopic (exact) mass is 409 g/mol. The fraction of sp³-hybridized carbons (Fsp3) is 0.542. The summed E-state index contributed by atoms with van der Waals surface area (Å²) in [5.41, 5.74) is 2.14. The quantitative estimate of drug-likeness (QED) is 0.812. The van der Waals surface area contributed by atoms with Crippen LogP contribution in [0.3, 0.4) is 0 Å². The smallest absolute Gasteiger partial charge is 0.258 e. The number of benzene rings is 1. The third kappa shape index (κ3) is 4.27. The summed E-state index contributed by atoms with van der Waals surface area (Å²) in [6.45, 7) is 5.52. The summed E-state index contributed by atoms with van der Waals surface area (Å²) in [7, 11) is 0. The number of amides is 3. The third-order valence-corrected chi connectivity index (χ3v) is 6.69. The molecule has 2 fully saturated rings. The molecule has 6 nitrogen and oxygen atoms in total. The lowest BCUT2D eigenvalue weighted by Gasteiger charge is -2.34. The fourth-order valence-electron chi connectivity index (χ4n) is 4.92. The van der Waals surface area contributed by atoms with Crippen molar-refractivity contribution in [1.29, 1.82) is 0 Å². The first kappa shape index (κ1) is 20.6. The van der Waals surface area contributed by atoms with Gasteiger partial charge in [0.05, 0.1) is 5.92 Å². The maximum absolute atomic E-state index is 12.8. The lowest BCUT2D eigenvalue weighted by Crippen LogP contribution is -2.48. The minimum atomic E-state index is -0.128. The van der Waals surface area contributed by atoms with Crippen LogP contribution in [0.4, 0.5) is 0 Å². The SMILES string of the molecule is C=C1c2ccccc2C(=O)N1CCC(=O)N1CCCC(C(=O)NC2CCCCC2)C1. The molecule has 4 rings (SSSR count). The molecular weight excluding hydrogens is 378 g/mol. The molecule has 1 N–H and O–H groups in total. The lowest BCUT2D eigenvalue weighted by molar-refractivity contribution is -0.136. The lowest BCUT2D eigenvalue weighted by atomic mass is 9.93. The number of hydrogen-bond donors (Lipinski definition) is 1. The Morgan fingerprint density at radius 3 is 2.50 bits per heavy atom. The second kappa shape index (κ2) is 9.02. The van der Waals surface area contributed by atoms with E-state index in [9.17, 15) is 14.4 Å². The highest BCUT2D eigenvalue weighted by molar-refractivity contribution is 6.08. The van der Waals surface area contributed by atoms with E-state index in [1.807, 2.05) is 18.2 Å². The Hall–Kier alpha value is -2.63. The van der Waals surface area contributed by atoms with Gasteiger partial charge in [0.1, 0.15) is 0 Å². The summed E-state index contributed by atoms with van der Waals surface area (Å²) in [5.74, 6) is -0.122. The summed E-state index contributed by atoms with van der Waals surface area (Å²) in [5, 5.41) is 3.21. The standard InChI is InChI=1S/C24H31N3O3/c1-17-20-11-5-6-12-21(20)24(30)27(17)15-13-22(28)26-14-7-8-18(16-26)23(29)25-19-9-3-2-4-10-19/h5-6,11-12,18-19H,1-4,7-10,13-16H2,(H,25,29). The number of nitrogens with one attached hydrogen (secondary N) is 1. The largest absolute Gasteiger partial charge is 0.353 e. The van der Waals surface area contributed by atoms with Crippen LogP contribution >= 0.6 is 0 Å². The molecule has 1 aromatic carbocycles. The Labute approximate surface area is 178 Å². The predicted octanol–water partition coefficient (Wildman–Crippen LogP) is 3.19. The van der Waals surface area contributed by atoms with Gasteiger partial charge in [0.15, 0.2) is 0 Å². The highest BCUT2D eigenvalue weighted by Crippen LogP contribution is 2.31. The fourth-order valence-corrected chi connectivity index (χ4v) is 4.92. The van der Waals surface area contributed by atoms with Crippen LogP contribution in [0.5, 0.6) is 0 Å².